The van der Waals surface area contributed by atoms with E-state index in [1.165, 1.54) is 28.8 Å². The Bertz CT molecular complexity index is 484. The molecule has 3 rings (SSSR count). The maximum Gasteiger partial charge on any atom is 0.0483 e. The van der Waals surface area contributed by atoms with Crippen LogP contribution in [0.4, 0.5) is 0 Å². The van der Waals surface area contributed by atoms with Crippen LogP contribution in [-0.4, -0.2) is 10.3 Å². The van der Waals surface area contributed by atoms with Crippen LogP contribution in [0.15, 0.2) is 24.3 Å². The number of para-hydroxylation sites is 1. The topological polar surface area (TPSA) is 4.93 Å². The van der Waals surface area contributed by atoms with Crippen LogP contribution < -0.4 is 0 Å². The van der Waals surface area contributed by atoms with Gasteiger partial charge in [-0.1, -0.05) is 18.2 Å². The minimum atomic E-state index is 1.19. The molecule has 2 aromatic rings. The van der Waals surface area contributed by atoms with Crippen LogP contribution in [0.25, 0.3) is 10.9 Å². The zero-order chi connectivity index (χ0) is 9.54. The molecule has 14 heavy (non-hydrogen) atoms. The number of rotatable bonds is 0. The monoisotopic (exact) mass is 203 g/mol. The first-order valence-corrected chi connectivity index (χ1v) is 6.16. The second-order valence-electron chi connectivity index (χ2n) is 3.80. The summed E-state index contributed by atoms with van der Waals surface area (Å²) in [5, 5.41) is 1.46. The van der Waals surface area contributed by atoms with E-state index < -0.39 is 0 Å². The highest BCUT2D eigenvalue weighted by atomic mass is 32.2. The zero-order valence-corrected chi connectivity index (χ0v) is 9.10. The largest absolute Gasteiger partial charge is 0.347 e. The van der Waals surface area contributed by atoms with Crippen LogP contribution in [-0.2, 0) is 19.2 Å². The number of hydrogen-bond donors (Lipinski definition) is 0. The van der Waals surface area contributed by atoms with E-state index >= 15 is 0 Å². The number of thioether (sulfide) groups is 1. The van der Waals surface area contributed by atoms with E-state index in [4.69, 9.17) is 0 Å². The van der Waals surface area contributed by atoms with Gasteiger partial charge in [0.05, 0.1) is 0 Å². The van der Waals surface area contributed by atoms with E-state index in [2.05, 4.69) is 47.6 Å². The fourth-order valence-electron chi connectivity index (χ4n) is 2.35. The van der Waals surface area contributed by atoms with E-state index in [0.717, 1.165) is 0 Å². The van der Waals surface area contributed by atoms with Crippen molar-refractivity contribution in [2.75, 3.05) is 5.75 Å². The van der Waals surface area contributed by atoms with Crippen LogP contribution in [0, 0.1) is 0 Å². The van der Waals surface area contributed by atoms with Crippen molar-refractivity contribution in [3.8, 4) is 0 Å². The molecule has 0 saturated heterocycles. The van der Waals surface area contributed by atoms with Gasteiger partial charge >= 0.3 is 0 Å². The van der Waals surface area contributed by atoms with Gasteiger partial charge in [-0.3, -0.25) is 0 Å². The van der Waals surface area contributed by atoms with Gasteiger partial charge in [0, 0.05) is 29.4 Å². The summed E-state index contributed by atoms with van der Waals surface area (Å²) in [5.41, 5.74) is 4.50. The van der Waals surface area contributed by atoms with Gasteiger partial charge in [0.25, 0.3) is 0 Å². The van der Waals surface area contributed by atoms with Crippen molar-refractivity contribution < 1.29 is 0 Å². The molecule has 0 saturated carbocycles. The number of aromatic nitrogens is 1. The minimum Gasteiger partial charge on any atom is -0.347 e. The summed E-state index contributed by atoms with van der Waals surface area (Å²) < 4.78 is 2.37. The molecule has 0 fully saturated rings. The lowest BCUT2D eigenvalue weighted by molar-refractivity contribution is 0.852. The summed E-state index contributed by atoms with van der Waals surface area (Å²) in [6.45, 7) is 0. The lowest BCUT2D eigenvalue weighted by Crippen LogP contribution is -2.05. The van der Waals surface area contributed by atoms with E-state index in [0.29, 0.717) is 0 Å². The summed E-state index contributed by atoms with van der Waals surface area (Å²) in [6.07, 6.45) is 1.23. The highest BCUT2D eigenvalue weighted by Gasteiger charge is 2.17. The van der Waals surface area contributed by atoms with Crippen LogP contribution in [0.3, 0.4) is 0 Å². The second-order valence-corrected chi connectivity index (χ2v) is 4.91. The molecule has 1 nitrogen and oxygen atoms in total. The second kappa shape index (κ2) is 3.06. The summed E-state index contributed by atoms with van der Waals surface area (Å²) >= 11 is 2.05. The van der Waals surface area contributed by atoms with E-state index in [1.807, 2.05) is 0 Å². The molecule has 72 valence electrons. The average Bonchev–Trinajstić information content (AvgIpc) is 2.55. The van der Waals surface area contributed by atoms with Gasteiger partial charge < -0.3 is 4.57 Å². The maximum absolute atomic E-state index is 2.37. The maximum atomic E-state index is 2.37. The van der Waals surface area contributed by atoms with Crippen molar-refractivity contribution in [1.82, 2.24) is 4.57 Å². The number of aryl methyl sites for hydroxylation is 1. The Morgan fingerprint density at radius 1 is 1.29 bits per heavy atom. The Hall–Kier alpha value is -0.890. The van der Waals surface area contributed by atoms with Crippen LogP contribution in [0.2, 0.25) is 0 Å². The molecular weight excluding hydrogens is 190 g/mol. The smallest absolute Gasteiger partial charge is 0.0483 e. The van der Waals surface area contributed by atoms with Gasteiger partial charge in [-0.2, -0.15) is 11.8 Å². The molecule has 0 radical (unpaired) electrons. The third kappa shape index (κ3) is 1.04. The third-order valence-corrected chi connectivity index (χ3v) is 4.06. The molecule has 0 aliphatic carbocycles. The standard InChI is InChI=1S/C12H13NS/c1-13-11-5-3-2-4-9(11)10-8-14-7-6-12(10)13/h2-5H,6-8H2,1H3. The quantitative estimate of drug-likeness (QED) is 0.637. The molecule has 1 aromatic heterocycles. The first-order valence-electron chi connectivity index (χ1n) is 5.01. The molecule has 0 bridgehead atoms. The van der Waals surface area contributed by atoms with Crippen molar-refractivity contribution >= 4 is 22.7 Å². The summed E-state index contributed by atoms with van der Waals surface area (Å²) in [6, 6.07) is 8.74. The van der Waals surface area contributed by atoms with E-state index in [-0.39, 0.29) is 0 Å². The predicted molar refractivity (Wildman–Crippen MR) is 62.8 cm³/mol. The fraction of sp³-hybridized carbons (Fsp3) is 0.333. The molecule has 1 aliphatic rings. The predicted octanol–water partition coefficient (Wildman–Crippen LogP) is 2.97. The molecule has 0 N–H and O–H groups in total. The molecule has 1 aliphatic heterocycles. The van der Waals surface area contributed by atoms with Crippen molar-refractivity contribution in [3.63, 3.8) is 0 Å². The first-order chi connectivity index (χ1) is 6.88. The fourth-order valence-corrected chi connectivity index (χ4v) is 3.36. The molecule has 2 heteroatoms. The first kappa shape index (κ1) is 8.42. The van der Waals surface area contributed by atoms with Crippen LogP contribution in [0.1, 0.15) is 11.3 Å². The average molecular weight is 203 g/mol. The van der Waals surface area contributed by atoms with E-state index in [9.17, 15) is 0 Å². The minimum absolute atomic E-state index is 1.19. The van der Waals surface area contributed by atoms with Crippen molar-refractivity contribution in [2.24, 2.45) is 7.05 Å². The number of nitrogens with zero attached hydrogens (tertiary/aromatic N) is 1. The number of hydrogen-bond acceptors (Lipinski definition) is 1. The molecule has 0 amide bonds. The van der Waals surface area contributed by atoms with Crippen LogP contribution >= 0.6 is 11.8 Å². The summed E-state index contributed by atoms with van der Waals surface area (Å²) in [4.78, 5) is 0. The molecule has 2 heterocycles. The molecule has 0 unspecified atom stereocenters. The highest BCUT2D eigenvalue weighted by Crippen LogP contribution is 2.32. The lowest BCUT2D eigenvalue weighted by atomic mass is 10.1. The summed E-state index contributed by atoms with van der Waals surface area (Å²) in [7, 11) is 2.19. The highest BCUT2D eigenvalue weighted by molar-refractivity contribution is 7.98. The van der Waals surface area contributed by atoms with Gasteiger partial charge in [-0.15, -0.1) is 0 Å². The van der Waals surface area contributed by atoms with Crippen molar-refractivity contribution in [1.29, 1.82) is 0 Å². The third-order valence-electron chi connectivity index (χ3n) is 3.07. The normalized spacial score (nSPS) is 15.8. The van der Waals surface area contributed by atoms with Gasteiger partial charge in [0.2, 0.25) is 0 Å². The Morgan fingerprint density at radius 3 is 3.07 bits per heavy atom. The van der Waals surface area contributed by atoms with Gasteiger partial charge in [0.1, 0.15) is 0 Å². The molecule has 0 atom stereocenters. The Labute approximate surface area is 88.1 Å². The summed E-state index contributed by atoms with van der Waals surface area (Å²) in [5.74, 6) is 2.47. The van der Waals surface area contributed by atoms with Gasteiger partial charge in [0.15, 0.2) is 0 Å². The van der Waals surface area contributed by atoms with Crippen molar-refractivity contribution in [3.05, 3.63) is 35.5 Å². The van der Waals surface area contributed by atoms with Crippen molar-refractivity contribution in [2.45, 2.75) is 12.2 Å². The van der Waals surface area contributed by atoms with Gasteiger partial charge in [-0.25, -0.2) is 0 Å². The number of benzene rings is 1. The SMILES string of the molecule is Cn1c2c(c3ccccc31)CSCC2. The Kier molecular flexibility index (Phi) is 1.84. The van der Waals surface area contributed by atoms with E-state index in [1.54, 1.807) is 11.3 Å². The Balaban J connectivity index is 2.41. The Morgan fingerprint density at radius 2 is 2.14 bits per heavy atom. The van der Waals surface area contributed by atoms with Crippen LogP contribution in [0.5, 0.6) is 0 Å². The van der Waals surface area contributed by atoms with Gasteiger partial charge in [-0.05, 0) is 23.8 Å². The number of fused-ring (bicyclic) bond motifs is 3. The molecular formula is C12H13NS. The molecule has 1 aromatic carbocycles. The molecule has 0 spiro atoms. The zero-order valence-electron chi connectivity index (χ0n) is 8.29. The lowest BCUT2D eigenvalue weighted by Gasteiger charge is -2.12.